The molecule has 0 bridgehead atoms. The van der Waals surface area contributed by atoms with Crippen LogP contribution >= 0.6 is 0 Å². The Morgan fingerprint density at radius 2 is 2.00 bits per heavy atom. The fourth-order valence-electron chi connectivity index (χ4n) is 1.60. The third-order valence-corrected chi connectivity index (χ3v) is 2.41. The Kier molecular flexibility index (Phi) is 6.67. The molecule has 0 saturated heterocycles. The second-order valence-electron chi connectivity index (χ2n) is 4.38. The number of rotatable bonds is 8. The number of ether oxygens (including phenoxy) is 1. The summed E-state index contributed by atoms with van der Waals surface area (Å²) in [4.78, 5) is 0. The molecule has 1 aromatic carbocycles. The molecular weight excluding hydrogens is 214 g/mol. The lowest BCUT2D eigenvalue weighted by molar-refractivity contribution is 0.239. The molecule has 0 unspecified atom stereocenters. The molecule has 0 saturated carbocycles. The molecule has 0 aliphatic carbocycles. The number of unbranched alkanes of at least 4 members (excludes halogenated alkanes) is 1. The van der Waals surface area contributed by atoms with Crippen molar-refractivity contribution >= 4 is 0 Å². The van der Waals surface area contributed by atoms with Crippen LogP contribution in [0.5, 0.6) is 5.75 Å². The largest absolute Gasteiger partial charge is 0.491 e. The predicted molar refractivity (Wildman–Crippen MR) is 70.2 cm³/mol. The van der Waals surface area contributed by atoms with Crippen molar-refractivity contribution in [3.05, 3.63) is 29.8 Å². The lowest BCUT2D eigenvalue weighted by Gasteiger charge is -2.14. The van der Waals surface area contributed by atoms with Crippen LogP contribution in [-0.4, -0.2) is 24.4 Å². The zero-order valence-corrected chi connectivity index (χ0v) is 10.8. The molecule has 0 heterocycles. The summed E-state index contributed by atoms with van der Waals surface area (Å²) in [5, 5.41) is 12.0. The van der Waals surface area contributed by atoms with E-state index in [1.807, 2.05) is 32.0 Å². The van der Waals surface area contributed by atoms with E-state index in [1.54, 1.807) is 0 Å². The molecule has 3 nitrogen and oxygen atoms in total. The lowest BCUT2D eigenvalue weighted by Crippen LogP contribution is -2.16. The van der Waals surface area contributed by atoms with Crippen LogP contribution < -0.4 is 10.1 Å². The molecule has 0 aromatic heterocycles. The van der Waals surface area contributed by atoms with Crippen molar-refractivity contribution in [1.82, 2.24) is 5.32 Å². The van der Waals surface area contributed by atoms with E-state index in [-0.39, 0.29) is 12.7 Å². The van der Waals surface area contributed by atoms with Crippen molar-refractivity contribution in [1.29, 1.82) is 0 Å². The van der Waals surface area contributed by atoms with Gasteiger partial charge in [-0.2, -0.15) is 0 Å². The summed E-state index contributed by atoms with van der Waals surface area (Å²) < 4.78 is 5.74. The number of benzene rings is 1. The Hall–Kier alpha value is -1.06. The van der Waals surface area contributed by atoms with Crippen LogP contribution in [0.1, 0.15) is 32.3 Å². The Bertz CT molecular complexity index is 313. The minimum absolute atomic E-state index is 0.200. The number of aliphatic hydroxyl groups is 1. The van der Waals surface area contributed by atoms with E-state index in [2.05, 4.69) is 11.4 Å². The van der Waals surface area contributed by atoms with Gasteiger partial charge in [0.25, 0.3) is 0 Å². The van der Waals surface area contributed by atoms with E-state index in [4.69, 9.17) is 9.84 Å². The van der Waals surface area contributed by atoms with Crippen molar-refractivity contribution in [2.75, 3.05) is 13.2 Å². The molecule has 1 rings (SSSR count). The molecule has 0 aliphatic rings. The number of nitrogens with one attached hydrogen (secondary N) is 1. The smallest absolute Gasteiger partial charge is 0.124 e. The van der Waals surface area contributed by atoms with Gasteiger partial charge in [-0.05, 0) is 39.3 Å². The number of aliphatic hydroxyl groups excluding tert-OH is 1. The van der Waals surface area contributed by atoms with Crippen molar-refractivity contribution in [2.24, 2.45) is 0 Å². The summed E-state index contributed by atoms with van der Waals surface area (Å²) in [5.74, 6) is 0.956. The topological polar surface area (TPSA) is 41.5 Å². The van der Waals surface area contributed by atoms with Gasteiger partial charge in [-0.1, -0.05) is 18.2 Å². The second kappa shape index (κ2) is 8.09. The number of para-hydroxylation sites is 1. The van der Waals surface area contributed by atoms with Crippen LogP contribution in [0.15, 0.2) is 24.3 Å². The Balaban J connectivity index is 2.40. The minimum atomic E-state index is 0.200. The fourth-order valence-corrected chi connectivity index (χ4v) is 1.60. The highest BCUT2D eigenvalue weighted by molar-refractivity contribution is 5.33. The van der Waals surface area contributed by atoms with Crippen LogP contribution in [0.3, 0.4) is 0 Å². The predicted octanol–water partition coefficient (Wildman–Crippen LogP) is 2.34. The third-order valence-electron chi connectivity index (χ3n) is 2.41. The van der Waals surface area contributed by atoms with Crippen molar-refractivity contribution in [2.45, 2.75) is 39.3 Å². The van der Waals surface area contributed by atoms with Crippen LogP contribution in [0.4, 0.5) is 0 Å². The summed E-state index contributed by atoms with van der Waals surface area (Å²) in [6, 6.07) is 8.10. The molecular formula is C14H23NO2. The zero-order valence-electron chi connectivity index (χ0n) is 10.8. The Labute approximate surface area is 104 Å². The lowest BCUT2D eigenvalue weighted by atomic mass is 10.2. The van der Waals surface area contributed by atoms with Gasteiger partial charge in [-0.15, -0.1) is 0 Å². The molecule has 0 amide bonds. The fraction of sp³-hybridized carbons (Fsp3) is 0.571. The van der Waals surface area contributed by atoms with Crippen LogP contribution in [0, 0.1) is 0 Å². The molecule has 17 heavy (non-hydrogen) atoms. The van der Waals surface area contributed by atoms with Gasteiger partial charge in [0.05, 0.1) is 6.10 Å². The van der Waals surface area contributed by atoms with E-state index in [1.165, 1.54) is 5.56 Å². The summed E-state index contributed by atoms with van der Waals surface area (Å²) in [5.41, 5.74) is 1.19. The monoisotopic (exact) mass is 237 g/mol. The average molecular weight is 237 g/mol. The maximum Gasteiger partial charge on any atom is 0.124 e. The number of hydrogen-bond donors (Lipinski definition) is 2. The van der Waals surface area contributed by atoms with Crippen LogP contribution in [0.2, 0.25) is 0 Å². The van der Waals surface area contributed by atoms with E-state index in [9.17, 15) is 0 Å². The first-order valence-electron chi connectivity index (χ1n) is 6.30. The molecule has 0 fully saturated rings. The molecule has 3 heteroatoms. The maximum absolute atomic E-state index is 8.68. The molecule has 0 spiro atoms. The van der Waals surface area contributed by atoms with Crippen LogP contribution in [-0.2, 0) is 6.54 Å². The van der Waals surface area contributed by atoms with Gasteiger partial charge in [0.1, 0.15) is 5.75 Å². The molecule has 0 radical (unpaired) electrons. The average Bonchev–Trinajstić information content (AvgIpc) is 2.30. The normalized spacial score (nSPS) is 10.8. The standard InChI is InChI=1S/C14H23NO2/c1-12(2)17-14-8-4-3-7-13(14)11-15-9-5-6-10-16/h3-4,7-8,12,15-16H,5-6,9-11H2,1-2H3. The van der Waals surface area contributed by atoms with Crippen molar-refractivity contribution in [3.8, 4) is 5.75 Å². The molecule has 2 N–H and O–H groups in total. The number of hydrogen-bond acceptors (Lipinski definition) is 3. The van der Waals surface area contributed by atoms with E-state index in [0.29, 0.717) is 0 Å². The summed E-state index contributed by atoms with van der Waals surface area (Å²) in [7, 11) is 0. The van der Waals surface area contributed by atoms with Crippen molar-refractivity contribution < 1.29 is 9.84 Å². The Morgan fingerprint density at radius 3 is 2.71 bits per heavy atom. The molecule has 96 valence electrons. The van der Waals surface area contributed by atoms with E-state index in [0.717, 1.165) is 31.7 Å². The van der Waals surface area contributed by atoms with Gasteiger partial charge in [-0.3, -0.25) is 0 Å². The zero-order chi connectivity index (χ0) is 12.5. The summed E-state index contributed by atoms with van der Waals surface area (Å²) in [6.45, 7) is 6.08. The van der Waals surface area contributed by atoms with Gasteiger partial charge in [0.15, 0.2) is 0 Å². The molecule has 0 aliphatic heterocycles. The van der Waals surface area contributed by atoms with E-state index >= 15 is 0 Å². The molecule has 0 atom stereocenters. The van der Waals surface area contributed by atoms with E-state index < -0.39 is 0 Å². The maximum atomic E-state index is 8.68. The quantitative estimate of drug-likeness (QED) is 0.682. The summed E-state index contributed by atoms with van der Waals surface area (Å²) in [6.07, 6.45) is 2.06. The first-order valence-corrected chi connectivity index (χ1v) is 6.30. The van der Waals surface area contributed by atoms with Gasteiger partial charge < -0.3 is 15.2 Å². The summed E-state index contributed by atoms with van der Waals surface area (Å²) >= 11 is 0. The highest BCUT2D eigenvalue weighted by Crippen LogP contribution is 2.18. The molecule has 1 aromatic rings. The highest BCUT2D eigenvalue weighted by atomic mass is 16.5. The van der Waals surface area contributed by atoms with Crippen LogP contribution in [0.25, 0.3) is 0 Å². The Morgan fingerprint density at radius 1 is 1.24 bits per heavy atom. The highest BCUT2D eigenvalue weighted by Gasteiger charge is 2.03. The SMILES string of the molecule is CC(C)Oc1ccccc1CNCCCCO. The first kappa shape index (κ1) is 14.0. The van der Waals surface area contributed by atoms with Gasteiger partial charge in [-0.25, -0.2) is 0 Å². The van der Waals surface area contributed by atoms with Crippen molar-refractivity contribution in [3.63, 3.8) is 0 Å². The van der Waals surface area contributed by atoms with Gasteiger partial charge in [0.2, 0.25) is 0 Å². The van der Waals surface area contributed by atoms with Gasteiger partial charge in [0, 0.05) is 18.7 Å². The third kappa shape index (κ3) is 5.71. The second-order valence-corrected chi connectivity index (χ2v) is 4.38. The van der Waals surface area contributed by atoms with Gasteiger partial charge >= 0.3 is 0 Å². The first-order chi connectivity index (χ1) is 8.24. The minimum Gasteiger partial charge on any atom is -0.491 e.